The van der Waals surface area contributed by atoms with Gasteiger partial charge in [-0.15, -0.1) is 0 Å². The van der Waals surface area contributed by atoms with E-state index in [9.17, 15) is 4.79 Å². The maximum atomic E-state index is 11.8. The van der Waals surface area contributed by atoms with E-state index in [2.05, 4.69) is 15.5 Å². The van der Waals surface area contributed by atoms with Crippen molar-refractivity contribution in [2.24, 2.45) is 0 Å². The van der Waals surface area contributed by atoms with Crippen molar-refractivity contribution >= 4 is 6.09 Å². The van der Waals surface area contributed by atoms with Crippen molar-refractivity contribution in [2.45, 2.75) is 13.3 Å². The third-order valence-corrected chi connectivity index (χ3v) is 3.67. The molecule has 0 fully saturated rings. The number of nitrogens with one attached hydrogen (secondary N) is 1. The number of carbonyl (C=O) groups excluding carboxylic acids is 1. The first-order valence-corrected chi connectivity index (χ1v) is 8.21. The summed E-state index contributed by atoms with van der Waals surface area (Å²) in [4.78, 5) is 16.0. The van der Waals surface area contributed by atoms with Crippen LogP contribution in [0.1, 0.15) is 13.3 Å². The Morgan fingerprint density at radius 3 is 2.77 bits per heavy atom. The number of hydrogen-bond acceptors (Lipinski definition) is 6. The molecule has 3 aromatic rings. The summed E-state index contributed by atoms with van der Waals surface area (Å²) in [7, 11) is 1.58. The number of nitrogens with zero attached hydrogens (tertiary/aromatic N) is 2. The number of pyridine rings is 1. The number of carbonyl (C=O) groups is 1. The van der Waals surface area contributed by atoms with Crippen molar-refractivity contribution in [3.05, 3.63) is 48.9 Å². The van der Waals surface area contributed by atoms with Crippen LogP contribution in [0.5, 0.6) is 11.5 Å². The van der Waals surface area contributed by atoms with E-state index in [4.69, 9.17) is 14.0 Å². The van der Waals surface area contributed by atoms with Gasteiger partial charge in [0.2, 0.25) is 0 Å². The Kier molecular flexibility index (Phi) is 5.48. The zero-order valence-electron chi connectivity index (χ0n) is 14.6. The summed E-state index contributed by atoms with van der Waals surface area (Å²) in [5, 5.41) is 6.39. The van der Waals surface area contributed by atoms with Crippen LogP contribution >= 0.6 is 0 Å². The van der Waals surface area contributed by atoms with Gasteiger partial charge in [-0.1, -0.05) is 12.1 Å². The summed E-state index contributed by atoms with van der Waals surface area (Å²) >= 11 is 0. The Hall–Kier alpha value is -3.35. The predicted molar refractivity (Wildman–Crippen MR) is 96.0 cm³/mol. The monoisotopic (exact) mass is 353 g/mol. The fourth-order valence-corrected chi connectivity index (χ4v) is 2.43. The van der Waals surface area contributed by atoms with Crippen molar-refractivity contribution in [2.75, 3.05) is 13.7 Å². The van der Waals surface area contributed by atoms with Gasteiger partial charge in [-0.05, 0) is 30.7 Å². The van der Waals surface area contributed by atoms with Gasteiger partial charge in [0.1, 0.15) is 11.5 Å². The van der Waals surface area contributed by atoms with Crippen molar-refractivity contribution < 1.29 is 18.8 Å². The molecule has 2 aromatic heterocycles. The zero-order valence-corrected chi connectivity index (χ0v) is 14.6. The molecule has 1 aromatic carbocycles. The minimum absolute atomic E-state index is 0.416. The Morgan fingerprint density at radius 1 is 1.19 bits per heavy atom. The van der Waals surface area contributed by atoms with Gasteiger partial charge in [-0.25, -0.2) is 4.79 Å². The lowest BCUT2D eigenvalue weighted by atomic mass is 10.0. The average Bonchev–Trinajstić information content (AvgIpc) is 3.21. The van der Waals surface area contributed by atoms with Gasteiger partial charge in [0.25, 0.3) is 0 Å². The summed E-state index contributed by atoms with van der Waals surface area (Å²) in [5.41, 5.74) is 2.34. The Bertz CT molecular complexity index is 878. The van der Waals surface area contributed by atoms with Gasteiger partial charge in [-0.2, -0.15) is 0 Å². The molecular formula is C19H19N3O4. The van der Waals surface area contributed by atoms with Crippen LogP contribution in [0.15, 0.2) is 53.4 Å². The largest absolute Gasteiger partial charge is 0.496 e. The lowest BCUT2D eigenvalue weighted by molar-refractivity contribution is 0.200. The molecule has 0 bridgehead atoms. The van der Waals surface area contributed by atoms with Crippen LogP contribution in [0.25, 0.3) is 22.5 Å². The van der Waals surface area contributed by atoms with Crippen LogP contribution in [0.4, 0.5) is 4.79 Å². The smallest absolute Gasteiger partial charge is 0.412 e. The Morgan fingerprint density at radius 2 is 2.04 bits per heavy atom. The van der Waals surface area contributed by atoms with E-state index in [1.807, 2.05) is 13.0 Å². The van der Waals surface area contributed by atoms with E-state index in [1.165, 1.54) is 0 Å². The highest BCUT2D eigenvalue weighted by molar-refractivity contribution is 5.77. The predicted octanol–water partition coefficient (Wildman–Crippen LogP) is 3.91. The summed E-state index contributed by atoms with van der Waals surface area (Å²) in [6, 6.07) is 8.84. The van der Waals surface area contributed by atoms with Crippen LogP contribution in [-0.4, -0.2) is 29.9 Å². The van der Waals surface area contributed by atoms with Crippen LogP contribution in [0.3, 0.4) is 0 Å². The highest BCUT2D eigenvalue weighted by atomic mass is 16.6. The quantitative estimate of drug-likeness (QED) is 0.723. The second-order valence-electron chi connectivity index (χ2n) is 5.52. The molecule has 0 spiro atoms. The minimum Gasteiger partial charge on any atom is -0.496 e. The number of hydrogen-bond donors (Lipinski definition) is 1. The summed E-state index contributed by atoms with van der Waals surface area (Å²) in [5.74, 6) is 1.67. The highest BCUT2D eigenvalue weighted by Gasteiger charge is 2.12. The number of ether oxygens (including phenoxy) is 2. The molecule has 1 amide bonds. The third-order valence-electron chi connectivity index (χ3n) is 3.67. The van der Waals surface area contributed by atoms with Crippen LogP contribution in [-0.2, 0) is 0 Å². The maximum absolute atomic E-state index is 11.8. The minimum atomic E-state index is -0.489. The topological polar surface area (TPSA) is 86.5 Å². The number of benzene rings is 1. The van der Waals surface area contributed by atoms with Gasteiger partial charge < -0.3 is 19.3 Å². The van der Waals surface area contributed by atoms with Gasteiger partial charge in [0.15, 0.2) is 5.76 Å². The lowest BCUT2D eigenvalue weighted by Crippen LogP contribution is -2.27. The molecule has 2 heterocycles. The average molecular weight is 353 g/mol. The molecule has 3 rings (SSSR count). The van der Waals surface area contributed by atoms with Crippen LogP contribution in [0, 0.1) is 0 Å². The van der Waals surface area contributed by atoms with Crippen molar-refractivity contribution in [1.29, 1.82) is 0 Å². The zero-order chi connectivity index (χ0) is 18.4. The van der Waals surface area contributed by atoms with E-state index < -0.39 is 6.09 Å². The normalized spacial score (nSPS) is 10.4. The molecule has 0 aliphatic heterocycles. The molecule has 0 aliphatic carbocycles. The first-order chi connectivity index (χ1) is 12.7. The second-order valence-corrected chi connectivity index (χ2v) is 5.52. The first kappa shape index (κ1) is 17.5. The molecule has 7 heteroatoms. The molecule has 0 saturated heterocycles. The molecule has 0 aliphatic rings. The molecular weight excluding hydrogens is 334 g/mol. The van der Waals surface area contributed by atoms with E-state index in [-0.39, 0.29) is 0 Å². The number of methoxy groups -OCH3 is 1. The van der Waals surface area contributed by atoms with Crippen molar-refractivity contribution in [1.82, 2.24) is 15.5 Å². The molecule has 0 atom stereocenters. The molecule has 7 nitrogen and oxygen atoms in total. The van der Waals surface area contributed by atoms with E-state index >= 15 is 0 Å². The highest BCUT2D eigenvalue weighted by Crippen LogP contribution is 2.34. The summed E-state index contributed by atoms with van der Waals surface area (Å²) in [6.45, 7) is 2.53. The second kappa shape index (κ2) is 8.15. The fraction of sp³-hybridized carbons (Fsp3) is 0.211. The maximum Gasteiger partial charge on any atom is 0.412 e. The molecule has 0 radical (unpaired) electrons. The van der Waals surface area contributed by atoms with Crippen LogP contribution in [0.2, 0.25) is 0 Å². The number of amides is 1. The van der Waals surface area contributed by atoms with Gasteiger partial charge in [-0.3, -0.25) is 4.98 Å². The summed E-state index contributed by atoms with van der Waals surface area (Å²) in [6.07, 6.45) is 5.32. The third kappa shape index (κ3) is 4.00. The molecule has 134 valence electrons. The van der Waals surface area contributed by atoms with Crippen molar-refractivity contribution in [3.8, 4) is 33.9 Å². The standard InChI is InChI=1S/C19H19N3O4/c1-3-7-21-19(23)25-15-4-5-18(24-2)16(10-15)13-9-14(12-20-11-13)17-6-8-22-26-17/h4-6,8-12H,3,7H2,1-2H3,(H,21,23). The van der Waals surface area contributed by atoms with Gasteiger partial charge in [0.05, 0.1) is 13.3 Å². The number of aromatic nitrogens is 2. The molecule has 1 N–H and O–H groups in total. The van der Waals surface area contributed by atoms with E-state index in [1.54, 1.807) is 50.0 Å². The lowest BCUT2D eigenvalue weighted by Gasteiger charge is -2.12. The van der Waals surface area contributed by atoms with Crippen molar-refractivity contribution in [3.63, 3.8) is 0 Å². The summed E-state index contributed by atoms with van der Waals surface area (Å²) < 4.78 is 15.9. The number of rotatable bonds is 6. The van der Waals surface area contributed by atoms with Gasteiger partial charge in [0, 0.05) is 41.7 Å². The van der Waals surface area contributed by atoms with Crippen LogP contribution < -0.4 is 14.8 Å². The first-order valence-electron chi connectivity index (χ1n) is 8.21. The Balaban J connectivity index is 1.92. The fourth-order valence-electron chi connectivity index (χ4n) is 2.43. The molecule has 0 saturated carbocycles. The van der Waals surface area contributed by atoms with E-state index in [0.717, 1.165) is 23.1 Å². The molecule has 0 unspecified atom stereocenters. The Labute approximate surface area is 150 Å². The van der Waals surface area contributed by atoms with Gasteiger partial charge >= 0.3 is 6.09 Å². The molecule has 26 heavy (non-hydrogen) atoms. The van der Waals surface area contributed by atoms with E-state index in [0.29, 0.717) is 23.8 Å². The SMILES string of the molecule is CCCNC(=O)Oc1ccc(OC)c(-c2cncc(-c3ccno3)c2)c1.